The second-order valence-electron chi connectivity index (χ2n) is 5.69. The van der Waals surface area contributed by atoms with Gasteiger partial charge in [-0.2, -0.15) is 0 Å². The second-order valence-corrected chi connectivity index (χ2v) is 5.69. The van der Waals surface area contributed by atoms with Crippen LogP contribution in [0.4, 0.5) is 5.69 Å². The minimum Gasteiger partial charge on any atom is -0.496 e. The second kappa shape index (κ2) is 6.22. The van der Waals surface area contributed by atoms with E-state index in [1.807, 2.05) is 0 Å². The van der Waals surface area contributed by atoms with Gasteiger partial charge in [-0.05, 0) is 37.3 Å². The minimum absolute atomic E-state index is 0.0702. The van der Waals surface area contributed by atoms with Crippen LogP contribution in [0.1, 0.15) is 37.7 Å². The summed E-state index contributed by atoms with van der Waals surface area (Å²) < 4.78 is 5.35. The zero-order valence-electron chi connectivity index (χ0n) is 11.9. The molecule has 0 saturated heterocycles. The number of methoxy groups -OCH3 is 1. The molecule has 0 spiro atoms. The van der Waals surface area contributed by atoms with Gasteiger partial charge in [0.05, 0.1) is 12.0 Å². The largest absolute Gasteiger partial charge is 0.496 e. The number of nitrogens with two attached hydrogens (primary N) is 1. The molecule has 1 aromatic carbocycles. The molecule has 0 aromatic heterocycles. The first-order chi connectivity index (χ1) is 9.60. The SMILES string of the molecule is COc1ccc([N+](=O)[O-])cc1CC1(CN)CCCCC1. The van der Waals surface area contributed by atoms with Crippen LogP contribution in [0.3, 0.4) is 0 Å². The van der Waals surface area contributed by atoms with Crippen LogP contribution in [0, 0.1) is 15.5 Å². The fraction of sp³-hybridized carbons (Fsp3) is 0.600. The van der Waals surface area contributed by atoms with Gasteiger partial charge in [-0.25, -0.2) is 0 Å². The average molecular weight is 278 g/mol. The lowest BCUT2D eigenvalue weighted by atomic mass is 9.70. The highest BCUT2D eigenvalue weighted by molar-refractivity contribution is 5.44. The van der Waals surface area contributed by atoms with Gasteiger partial charge in [0.2, 0.25) is 0 Å². The monoisotopic (exact) mass is 278 g/mol. The van der Waals surface area contributed by atoms with Gasteiger partial charge in [0, 0.05) is 17.7 Å². The van der Waals surface area contributed by atoms with E-state index in [4.69, 9.17) is 10.5 Å². The fourth-order valence-corrected chi connectivity index (χ4v) is 3.18. The molecule has 1 saturated carbocycles. The van der Waals surface area contributed by atoms with Crippen LogP contribution in [0.5, 0.6) is 5.75 Å². The number of ether oxygens (including phenoxy) is 1. The smallest absolute Gasteiger partial charge is 0.269 e. The molecule has 0 radical (unpaired) electrons. The van der Waals surface area contributed by atoms with Crippen LogP contribution < -0.4 is 10.5 Å². The summed E-state index contributed by atoms with van der Waals surface area (Å²) in [6.45, 7) is 0.624. The topological polar surface area (TPSA) is 78.4 Å². The van der Waals surface area contributed by atoms with E-state index in [1.54, 1.807) is 19.2 Å². The van der Waals surface area contributed by atoms with Crippen molar-refractivity contribution in [2.24, 2.45) is 11.1 Å². The van der Waals surface area contributed by atoms with Crippen LogP contribution in [-0.4, -0.2) is 18.6 Å². The van der Waals surface area contributed by atoms with Crippen LogP contribution in [-0.2, 0) is 6.42 Å². The van der Waals surface area contributed by atoms with E-state index in [1.165, 1.54) is 25.3 Å². The lowest BCUT2D eigenvalue weighted by Gasteiger charge is -2.36. The Hall–Kier alpha value is -1.62. The Labute approximate surface area is 119 Å². The van der Waals surface area contributed by atoms with Crippen molar-refractivity contribution < 1.29 is 9.66 Å². The van der Waals surface area contributed by atoms with E-state index in [0.29, 0.717) is 12.3 Å². The maximum atomic E-state index is 10.9. The maximum Gasteiger partial charge on any atom is 0.269 e. The van der Waals surface area contributed by atoms with Gasteiger partial charge in [0.15, 0.2) is 0 Å². The van der Waals surface area contributed by atoms with Crippen LogP contribution in [0.25, 0.3) is 0 Å². The molecular weight excluding hydrogens is 256 g/mol. The molecule has 2 rings (SSSR count). The lowest BCUT2D eigenvalue weighted by molar-refractivity contribution is -0.384. The third-order valence-corrected chi connectivity index (χ3v) is 4.39. The Bertz CT molecular complexity index is 482. The van der Waals surface area contributed by atoms with E-state index in [2.05, 4.69) is 0 Å². The average Bonchev–Trinajstić information content (AvgIpc) is 2.48. The third-order valence-electron chi connectivity index (χ3n) is 4.39. The summed E-state index contributed by atoms with van der Waals surface area (Å²) in [5.41, 5.74) is 7.08. The summed E-state index contributed by atoms with van der Waals surface area (Å²) in [5.74, 6) is 0.717. The first-order valence-electron chi connectivity index (χ1n) is 7.12. The predicted molar refractivity (Wildman–Crippen MR) is 77.9 cm³/mol. The van der Waals surface area contributed by atoms with Crippen molar-refractivity contribution in [2.75, 3.05) is 13.7 Å². The first-order valence-corrected chi connectivity index (χ1v) is 7.12. The van der Waals surface area contributed by atoms with Gasteiger partial charge in [0.1, 0.15) is 5.75 Å². The molecule has 0 bridgehead atoms. The number of benzene rings is 1. The number of rotatable bonds is 5. The minimum atomic E-state index is -0.362. The summed E-state index contributed by atoms with van der Waals surface area (Å²) in [6, 6.07) is 4.80. The number of nitro benzene ring substituents is 1. The summed E-state index contributed by atoms with van der Waals surface area (Å²) in [5, 5.41) is 10.9. The summed E-state index contributed by atoms with van der Waals surface area (Å²) in [6.07, 6.45) is 6.58. The Morgan fingerprint density at radius 3 is 2.60 bits per heavy atom. The highest BCUT2D eigenvalue weighted by Gasteiger charge is 2.32. The number of non-ortho nitro benzene ring substituents is 1. The molecule has 1 fully saturated rings. The maximum absolute atomic E-state index is 10.9. The summed E-state index contributed by atoms with van der Waals surface area (Å²) >= 11 is 0. The Kier molecular flexibility index (Phi) is 4.60. The number of hydrogen-bond acceptors (Lipinski definition) is 4. The molecule has 5 nitrogen and oxygen atoms in total. The molecule has 110 valence electrons. The number of nitrogens with zero attached hydrogens (tertiary/aromatic N) is 1. The standard InChI is InChI=1S/C15H22N2O3/c1-20-14-6-5-13(17(18)19)9-12(14)10-15(11-16)7-3-2-4-8-15/h5-6,9H,2-4,7-8,10-11,16H2,1H3. The van der Waals surface area contributed by atoms with Crippen molar-refractivity contribution in [1.29, 1.82) is 0 Å². The van der Waals surface area contributed by atoms with Crippen LogP contribution >= 0.6 is 0 Å². The zero-order chi connectivity index (χ0) is 14.6. The molecule has 20 heavy (non-hydrogen) atoms. The highest BCUT2D eigenvalue weighted by atomic mass is 16.6. The van der Waals surface area contributed by atoms with Crippen molar-refractivity contribution in [3.8, 4) is 5.75 Å². The quantitative estimate of drug-likeness (QED) is 0.663. The lowest BCUT2D eigenvalue weighted by Crippen LogP contribution is -2.35. The predicted octanol–water partition coefficient (Wildman–Crippen LogP) is 3.06. The van der Waals surface area contributed by atoms with Gasteiger partial charge in [-0.15, -0.1) is 0 Å². The molecular formula is C15H22N2O3. The highest BCUT2D eigenvalue weighted by Crippen LogP contribution is 2.40. The molecule has 0 heterocycles. The Morgan fingerprint density at radius 1 is 1.35 bits per heavy atom. The van der Waals surface area contributed by atoms with E-state index in [-0.39, 0.29) is 16.0 Å². The molecule has 0 unspecified atom stereocenters. The number of nitro groups is 1. The zero-order valence-corrected chi connectivity index (χ0v) is 11.9. The van der Waals surface area contributed by atoms with E-state index in [9.17, 15) is 10.1 Å². The van der Waals surface area contributed by atoms with E-state index >= 15 is 0 Å². The fourth-order valence-electron chi connectivity index (χ4n) is 3.18. The molecule has 0 amide bonds. The Morgan fingerprint density at radius 2 is 2.05 bits per heavy atom. The van der Waals surface area contributed by atoms with Crippen molar-refractivity contribution in [3.05, 3.63) is 33.9 Å². The van der Waals surface area contributed by atoms with E-state index in [0.717, 1.165) is 24.8 Å². The normalized spacial score (nSPS) is 17.7. The Balaban J connectivity index is 2.30. The van der Waals surface area contributed by atoms with E-state index < -0.39 is 0 Å². The van der Waals surface area contributed by atoms with Crippen molar-refractivity contribution >= 4 is 5.69 Å². The number of hydrogen-bond donors (Lipinski definition) is 1. The molecule has 0 atom stereocenters. The van der Waals surface area contributed by atoms with Gasteiger partial charge in [0.25, 0.3) is 5.69 Å². The summed E-state index contributed by atoms with van der Waals surface area (Å²) in [7, 11) is 1.60. The molecule has 1 aliphatic carbocycles. The van der Waals surface area contributed by atoms with Gasteiger partial charge in [-0.3, -0.25) is 10.1 Å². The molecule has 0 aliphatic heterocycles. The van der Waals surface area contributed by atoms with Crippen molar-refractivity contribution in [1.82, 2.24) is 0 Å². The van der Waals surface area contributed by atoms with Crippen LogP contribution in [0.15, 0.2) is 18.2 Å². The van der Waals surface area contributed by atoms with Crippen molar-refractivity contribution in [3.63, 3.8) is 0 Å². The van der Waals surface area contributed by atoms with Gasteiger partial charge < -0.3 is 10.5 Å². The van der Waals surface area contributed by atoms with Crippen molar-refractivity contribution in [2.45, 2.75) is 38.5 Å². The first kappa shape index (κ1) is 14.8. The summed E-state index contributed by atoms with van der Waals surface area (Å²) in [4.78, 5) is 10.6. The molecule has 5 heteroatoms. The molecule has 2 N–H and O–H groups in total. The van der Waals surface area contributed by atoms with Gasteiger partial charge in [-0.1, -0.05) is 19.3 Å². The molecule has 1 aliphatic rings. The van der Waals surface area contributed by atoms with Crippen LogP contribution in [0.2, 0.25) is 0 Å². The van der Waals surface area contributed by atoms with Gasteiger partial charge >= 0.3 is 0 Å². The molecule has 1 aromatic rings. The third kappa shape index (κ3) is 3.10.